The molecule has 6 rings (SSSR count). The van der Waals surface area contributed by atoms with E-state index in [4.69, 9.17) is 0 Å². The van der Waals surface area contributed by atoms with Gasteiger partial charge < -0.3 is 19.6 Å². The van der Waals surface area contributed by atoms with Gasteiger partial charge in [-0.05, 0) is 47.5 Å². The minimum Gasteiger partial charge on any atom is -0.339 e. The number of carbonyl (C=O) groups is 4. The van der Waals surface area contributed by atoms with Gasteiger partial charge in [-0.1, -0.05) is 92.2 Å². The van der Waals surface area contributed by atoms with Gasteiger partial charge in [0.25, 0.3) is 11.4 Å². The van der Waals surface area contributed by atoms with Gasteiger partial charge in [-0.25, -0.2) is 0 Å². The molecule has 304 valence electrons. The largest absolute Gasteiger partial charge is 0.339 e. The second-order valence-corrected chi connectivity index (χ2v) is 16.5. The van der Waals surface area contributed by atoms with Gasteiger partial charge in [-0.3, -0.25) is 39.4 Å². The van der Waals surface area contributed by atoms with E-state index < -0.39 is 9.85 Å². The van der Waals surface area contributed by atoms with Crippen molar-refractivity contribution < 1.29 is 29.0 Å². The van der Waals surface area contributed by atoms with Crippen molar-refractivity contribution in [3.8, 4) is 22.3 Å². The highest BCUT2D eigenvalue weighted by molar-refractivity contribution is 9.11. The fraction of sp³-hybridized carbons (Fsp3) is 0.238. The molecule has 0 spiro atoms. The molecule has 2 aliphatic rings. The summed E-state index contributed by atoms with van der Waals surface area (Å²) in [6, 6.07) is 20.2. The van der Waals surface area contributed by atoms with Crippen LogP contribution < -0.4 is 0 Å². The van der Waals surface area contributed by atoms with Gasteiger partial charge >= 0.3 is 0 Å². The molecular weight excluding hydrogens is 908 g/mol. The lowest BCUT2D eigenvalue weighted by Gasteiger charge is -2.33. The average Bonchev–Trinajstić information content (AvgIpc) is 3.22. The van der Waals surface area contributed by atoms with Crippen molar-refractivity contribution >= 4 is 90.8 Å². The summed E-state index contributed by atoms with van der Waals surface area (Å²) in [5.74, 6) is -0.756. The van der Waals surface area contributed by atoms with E-state index in [1.807, 2.05) is 0 Å². The van der Waals surface area contributed by atoms with Crippen LogP contribution in [0.15, 0.2) is 104 Å². The molecule has 17 heteroatoms. The summed E-state index contributed by atoms with van der Waals surface area (Å²) in [7, 11) is 0. The van der Waals surface area contributed by atoms with E-state index in [9.17, 15) is 39.4 Å². The lowest BCUT2D eigenvalue weighted by molar-refractivity contribution is -0.387. The Bertz CT molecular complexity index is 2240. The number of hydrogen-bond acceptors (Lipinski definition) is 9. The van der Waals surface area contributed by atoms with Crippen molar-refractivity contribution in [3.05, 3.63) is 125 Å². The number of amides is 4. The maximum Gasteiger partial charge on any atom is 0.291 e. The van der Waals surface area contributed by atoms with E-state index in [0.717, 1.165) is 11.8 Å². The van der Waals surface area contributed by atoms with Crippen molar-refractivity contribution in [2.45, 2.75) is 23.6 Å². The zero-order valence-electron chi connectivity index (χ0n) is 32.0. The summed E-state index contributed by atoms with van der Waals surface area (Å²) >= 11 is 7.94. The number of nitro groups is 2. The van der Waals surface area contributed by atoms with E-state index in [2.05, 4.69) is 31.9 Å². The van der Waals surface area contributed by atoms with Crippen LogP contribution in [0.5, 0.6) is 0 Å². The van der Waals surface area contributed by atoms with Gasteiger partial charge in [0.1, 0.15) is 0 Å². The summed E-state index contributed by atoms with van der Waals surface area (Å²) in [6.45, 7) is 5.96. The number of halogens is 2. The third kappa shape index (κ3) is 9.80. The van der Waals surface area contributed by atoms with Crippen LogP contribution in [0.3, 0.4) is 0 Å². The molecule has 59 heavy (non-hydrogen) atoms. The summed E-state index contributed by atoms with van der Waals surface area (Å²) in [5, 5.41) is 26.2. The zero-order valence-corrected chi connectivity index (χ0v) is 36.0. The van der Waals surface area contributed by atoms with E-state index in [1.54, 1.807) is 80.3 Å². The molecule has 0 aromatic heterocycles. The fourth-order valence-corrected chi connectivity index (χ4v) is 9.03. The second-order valence-electron chi connectivity index (χ2n) is 13.7. The average molecular weight is 947 g/mol. The third-order valence-electron chi connectivity index (χ3n) is 10.1. The molecule has 0 atom stereocenters. The maximum absolute atomic E-state index is 13.3. The number of piperazine rings is 2. The molecule has 2 heterocycles. The molecule has 2 fully saturated rings. The highest BCUT2D eigenvalue weighted by Gasteiger charge is 2.31. The highest BCUT2D eigenvalue weighted by Crippen LogP contribution is 2.50. The van der Waals surface area contributed by atoms with Crippen LogP contribution in [-0.4, -0.2) is 105 Å². The lowest BCUT2D eigenvalue weighted by Crippen LogP contribution is -2.49. The van der Waals surface area contributed by atoms with Crippen molar-refractivity contribution in [3.63, 3.8) is 0 Å². The van der Waals surface area contributed by atoms with Gasteiger partial charge in [0.05, 0.1) is 30.8 Å². The third-order valence-corrected chi connectivity index (χ3v) is 12.6. The van der Waals surface area contributed by atoms with Crippen LogP contribution >= 0.6 is 43.6 Å². The molecule has 4 aromatic rings. The number of benzene rings is 4. The van der Waals surface area contributed by atoms with Crippen LogP contribution in [0, 0.1) is 20.2 Å². The highest BCUT2D eigenvalue weighted by atomic mass is 79.9. The number of nitrogens with zero attached hydrogens (tertiary/aromatic N) is 6. The Morgan fingerprint density at radius 1 is 0.559 bits per heavy atom. The monoisotopic (exact) mass is 944 g/mol. The van der Waals surface area contributed by atoms with Crippen LogP contribution in [0.1, 0.15) is 25.0 Å². The molecule has 2 saturated heterocycles. The number of rotatable bonds is 10. The summed E-state index contributed by atoms with van der Waals surface area (Å²) in [4.78, 5) is 82.1. The summed E-state index contributed by atoms with van der Waals surface area (Å²) in [6.07, 6.45) is 5.76. The SMILES string of the molecule is CC(=O)N1CCN(C(=O)/C=C/c2ccc(Sc3ccc(/C=C/C(=O)N4CCN(C(C)=O)CC4)c(-c4ccccc4Br)c3[N+](=O)[O-])c([N+](=O)[O-])c2-c2ccccc2Br)CC1. The first-order valence-corrected chi connectivity index (χ1v) is 20.9. The maximum atomic E-state index is 13.3. The summed E-state index contributed by atoms with van der Waals surface area (Å²) < 4.78 is 1.11. The first-order chi connectivity index (χ1) is 28.2. The van der Waals surface area contributed by atoms with Gasteiger partial charge in [0.2, 0.25) is 23.6 Å². The molecule has 4 amide bonds. The zero-order chi connectivity index (χ0) is 42.4. The van der Waals surface area contributed by atoms with Crippen molar-refractivity contribution in [2.24, 2.45) is 0 Å². The van der Waals surface area contributed by atoms with E-state index in [1.165, 1.54) is 50.3 Å². The topological polar surface area (TPSA) is 168 Å². The molecule has 0 unspecified atom stereocenters. The Morgan fingerprint density at radius 3 is 1.22 bits per heavy atom. The van der Waals surface area contributed by atoms with E-state index >= 15 is 0 Å². The normalized spacial score (nSPS) is 14.6. The standard InChI is InChI=1S/C42H38Br2N6O8S/c1-27(51)45-19-23-47(24-20-45)37(53)17-13-29-11-15-35(41(49(55)56)39(29)31-7-3-5-9-33(31)43)59-36-16-12-30(14-18-38(54)48-25-21-46(22-26-48)28(2)52)40(42(36)50(57)58)32-8-4-6-10-34(32)44/h3-18H,19-26H2,1-2H3/b17-13+,18-14+. The van der Waals surface area contributed by atoms with Crippen molar-refractivity contribution in [1.82, 2.24) is 19.6 Å². The molecule has 0 N–H and O–H groups in total. The Balaban J connectivity index is 1.42. The minimum absolute atomic E-state index is 0.0667. The molecule has 2 aliphatic heterocycles. The Hall–Kier alpha value is -5.65. The second kappa shape index (κ2) is 18.9. The fourth-order valence-electron chi connectivity index (χ4n) is 7.01. The van der Waals surface area contributed by atoms with Crippen LogP contribution in [-0.2, 0) is 19.2 Å². The first kappa shape index (κ1) is 42.9. The molecular formula is C42H38Br2N6O8S. The van der Waals surface area contributed by atoms with E-state index in [0.29, 0.717) is 83.6 Å². The Morgan fingerprint density at radius 2 is 0.898 bits per heavy atom. The molecule has 0 saturated carbocycles. The Kier molecular flexibility index (Phi) is 13.8. The summed E-state index contributed by atoms with van der Waals surface area (Å²) in [5.41, 5.74) is 1.47. The number of carbonyl (C=O) groups excluding carboxylic acids is 4. The van der Waals surface area contributed by atoms with Crippen molar-refractivity contribution in [2.75, 3.05) is 52.4 Å². The number of nitro benzene ring substituents is 2. The molecule has 4 aromatic carbocycles. The van der Waals surface area contributed by atoms with E-state index in [-0.39, 0.29) is 55.9 Å². The predicted molar refractivity (Wildman–Crippen MR) is 232 cm³/mol. The lowest BCUT2D eigenvalue weighted by atomic mass is 9.97. The van der Waals surface area contributed by atoms with Crippen LogP contribution in [0.4, 0.5) is 11.4 Å². The Labute approximate surface area is 361 Å². The molecule has 0 aliphatic carbocycles. The van der Waals surface area contributed by atoms with Crippen LogP contribution in [0.25, 0.3) is 34.4 Å². The quantitative estimate of drug-likeness (QED) is 0.0872. The van der Waals surface area contributed by atoms with Gasteiger partial charge in [-0.15, -0.1) is 0 Å². The van der Waals surface area contributed by atoms with Crippen LogP contribution in [0.2, 0.25) is 0 Å². The van der Waals surface area contributed by atoms with Gasteiger partial charge in [-0.2, -0.15) is 0 Å². The molecule has 14 nitrogen and oxygen atoms in total. The molecule has 0 bridgehead atoms. The van der Waals surface area contributed by atoms with Gasteiger partial charge in [0.15, 0.2) is 0 Å². The van der Waals surface area contributed by atoms with Crippen molar-refractivity contribution in [1.29, 1.82) is 0 Å². The predicted octanol–water partition coefficient (Wildman–Crippen LogP) is 7.92. The van der Waals surface area contributed by atoms with Gasteiger partial charge in [0, 0.05) is 98.4 Å². The first-order valence-electron chi connectivity index (χ1n) is 18.5. The minimum atomic E-state index is -0.531. The smallest absolute Gasteiger partial charge is 0.291 e. The molecule has 0 radical (unpaired) electrons. The number of hydrogen-bond donors (Lipinski definition) is 0.